The van der Waals surface area contributed by atoms with Crippen LogP contribution in [0.25, 0.3) is 0 Å². The van der Waals surface area contributed by atoms with Gasteiger partial charge in [0.1, 0.15) is 0 Å². The summed E-state index contributed by atoms with van der Waals surface area (Å²) in [4.78, 5) is 16.8. The number of hydrogen-bond donors (Lipinski definition) is 1. The summed E-state index contributed by atoms with van der Waals surface area (Å²) in [6.07, 6.45) is 2.39. The fourth-order valence-corrected chi connectivity index (χ4v) is 3.52. The maximum atomic E-state index is 12.1. The Hall–Kier alpha value is -1.59. The molecule has 1 amide bonds. The van der Waals surface area contributed by atoms with Crippen molar-refractivity contribution >= 4 is 11.6 Å². The zero-order chi connectivity index (χ0) is 16.9. The van der Waals surface area contributed by atoms with E-state index in [9.17, 15) is 4.79 Å². The Morgan fingerprint density at radius 3 is 2.75 bits per heavy atom. The van der Waals surface area contributed by atoms with Gasteiger partial charge < -0.3 is 15.0 Å². The van der Waals surface area contributed by atoms with E-state index in [0.29, 0.717) is 13.1 Å². The number of amides is 1. The van der Waals surface area contributed by atoms with Crippen molar-refractivity contribution in [1.82, 2.24) is 10.2 Å². The van der Waals surface area contributed by atoms with Crippen LogP contribution in [-0.4, -0.2) is 62.8 Å². The Balaban J connectivity index is 1.43. The molecule has 5 nitrogen and oxygen atoms in total. The van der Waals surface area contributed by atoms with Crippen molar-refractivity contribution in [2.45, 2.75) is 32.8 Å². The van der Waals surface area contributed by atoms with Crippen LogP contribution in [0.1, 0.15) is 24.0 Å². The molecule has 0 radical (unpaired) electrons. The average Bonchev–Trinajstić information content (AvgIpc) is 3.10. The van der Waals surface area contributed by atoms with Crippen molar-refractivity contribution < 1.29 is 9.53 Å². The van der Waals surface area contributed by atoms with E-state index in [1.165, 1.54) is 16.8 Å². The summed E-state index contributed by atoms with van der Waals surface area (Å²) in [6.45, 7) is 10.1. The van der Waals surface area contributed by atoms with Gasteiger partial charge in [-0.15, -0.1) is 0 Å². The van der Waals surface area contributed by atoms with Crippen molar-refractivity contribution in [2.75, 3.05) is 50.8 Å². The van der Waals surface area contributed by atoms with Gasteiger partial charge in [-0.3, -0.25) is 9.69 Å². The quantitative estimate of drug-likeness (QED) is 0.892. The highest BCUT2D eigenvalue weighted by atomic mass is 16.5. The van der Waals surface area contributed by atoms with Crippen molar-refractivity contribution in [3.05, 3.63) is 29.3 Å². The van der Waals surface area contributed by atoms with Gasteiger partial charge in [-0.2, -0.15) is 0 Å². The number of benzene rings is 1. The summed E-state index contributed by atoms with van der Waals surface area (Å²) in [5, 5.41) is 3.01. The Labute approximate surface area is 145 Å². The molecule has 1 aromatic rings. The van der Waals surface area contributed by atoms with Gasteiger partial charge in [-0.25, -0.2) is 0 Å². The summed E-state index contributed by atoms with van der Waals surface area (Å²) < 4.78 is 5.54. The lowest BCUT2D eigenvalue weighted by Crippen LogP contribution is -2.50. The van der Waals surface area contributed by atoms with Gasteiger partial charge >= 0.3 is 0 Å². The standard InChI is InChI=1S/C19H29N3O2/c1-15-5-3-7-18(16(15)2)22-10-8-21(9-11-22)14-19(23)20-13-17-6-4-12-24-17/h3,5,7,17H,4,6,8-14H2,1-2H3,(H,20,23)/t17-/m0/s1. The van der Waals surface area contributed by atoms with E-state index in [2.05, 4.69) is 47.2 Å². The molecule has 1 N–H and O–H groups in total. The molecule has 2 aliphatic rings. The van der Waals surface area contributed by atoms with Gasteiger partial charge in [-0.1, -0.05) is 12.1 Å². The van der Waals surface area contributed by atoms with Crippen LogP contribution in [0.5, 0.6) is 0 Å². The molecule has 1 atom stereocenters. The molecule has 2 aliphatic heterocycles. The van der Waals surface area contributed by atoms with Crippen molar-refractivity contribution in [3.8, 4) is 0 Å². The van der Waals surface area contributed by atoms with Gasteiger partial charge in [0.25, 0.3) is 0 Å². The first-order valence-corrected chi connectivity index (χ1v) is 9.05. The van der Waals surface area contributed by atoms with E-state index in [1.54, 1.807) is 0 Å². The molecule has 24 heavy (non-hydrogen) atoms. The minimum atomic E-state index is 0.116. The average molecular weight is 331 g/mol. The molecule has 3 rings (SSSR count). The van der Waals surface area contributed by atoms with Crippen LogP contribution < -0.4 is 10.2 Å². The predicted octanol–water partition coefficient (Wildman–Crippen LogP) is 1.72. The summed E-state index contributed by atoms with van der Waals surface area (Å²) in [5.74, 6) is 0.116. The molecule has 0 bridgehead atoms. The number of nitrogens with zero attached hydrogens (tertiary/aromatic N) is 2. The highest BCUT2D eigenvalue weighted by Gasteiger charge is 2.21. The summed E-state index contributed by atoms with van der Waals surface area (Å²) in [7, 11) is 0. The van der Waals surface area contributed by atoms with E-state index in [0.717, 1.165) is 45.6 Å². The summed E-state index contributed by atoms with van der Waals surface area (Å²) in [6, 6.07) is 6.49. The van der Waals surface area contributed by atoms with E-state index < -0.39 is 0 Å². The van der Waals surface area contributed by atoms with Crippen molar-refractivity contribution in [3.63, 3.8) is 0 Å². The number of rotatable bonds is 5. The van der Waals surface area contributed by atoms with E-state index >= 15 is 0 Å². The molecule has 0 saturated carbocycles. The van der Waals surface area contributed by atoms with Gasteiger partial charge in [0.05, 0.1) is 12.6 Å². The van der Waals surface area contributed by atoms with Crippen LogP contribution in [-0.2, 0) is 9.53 Å². The molecule has 0 aliphatic carbocycles. The van der Waals surface area contributed by atoms with Crippen LogP contribution in [0.3, 0.4) is 0 Å². The molecular formula is C19H29N3O2. The van der Waals surface area contributed by atoms with E-state index in [-0.39, 0.29) is 12.0 Å². The molecule has 1 aromatic carbocycles. The van der Waals surface area contributed by atoms with Crippen LogP contribution in [0.4, 0.5) is 5.69 Å². The van der Waals surface area contributed by atoms with E-state index in [1.807, 2.05) is 0 Å². The normalized spacial score (nSPS) is 21.9. The van der Waals surface area contributed by atoms with Crippen LogP contribution in [0.15, 0.2) is 18.2 Å². The van der Waals surface area contributed by atoms with Crippen LogP contribution in [0, 0.1) is 13.8 Å². The number of ether oxygens (including phenoxy) is 1. The topological polar surface area (TPSA) is 44.8 Å². The fraction of sp³-hybridized carbons (Fsp3) is 0.632. The predicted molar refractivity (Wildman–Crippen MR) is 96.6 cm³/mol. The lowest BCUT2D eigenvalue weighted by Gasteiger charge is -2.36. The largest absolute Gasteiger partial charge is 0.376 e. The van der Waals surface area contributed by atoms with Crippen LogP contribution in [0.2, 0.25) is 0 Å². The number of carbonyl (C=O) groups excluding carboxylic acids is 1. The maximum absolute atomic E-state index is 12.1. The second-order valence-corrected chi connectivity index (χ2v) is 6.92. The highest BCUT2D eigenvalue weighted by molar-refractivity contribution is 5.78. The fourth-order valence-electron chi connectivity index (χ4n) is 3.52. The highest BCUT2D eigenvalue weighted by Crippen LogP contribution is 2.23. The second-order valence-electron chi connectivity index (χ2n) is 6.92. The third-order valence-electron chi connectivity index (χ3n) is 5.21. The molecule has 2 saturated heterocycles. The molecule has 0 aromatic heterocycles. The molecular weight excluding hydrogens is 302 g/mol. The second kappa shape index (κ2) is 7.99. The summed E-state index contributed by atoms with van der Waals surface area (Å²) in [5.41, 5.74) is 4.03. The van der Waals surface area contributed by atoms with E-state index in [4.69, 9.17) is 4.74 Å². The Morgan fingerprint density at radius 2 is 2.04 bits per heavy atom. The lowest BCUT2D eigenvalue weighted by molar-refractivity contribution is -0.122. The first-order chi connectivity index (χ1) is 11.6. The van der Waals surface area contributed by atoms with Crippen molar-refractivity contribution in [1.29, 1.82) is 0 Å². The van der Waals surface area contributed by atoms with Crippen LogP contribution >= 0.6 is 0 Å². The monoisotopic (exact) mass is 331 g/mol. The Kier molecular flexibility index (Phi) is 5.74. The molecule has 2 heterocycles. The van der Waals surface area contributed by atoms with Gasteiger partial charge in [-0.05, 0) is 43.9 Å². The Bertz CT molecular complexity index is 562. The molecule has 132 valence electrons. The third-order valence-corrected chi connectivity index (χ3v) is 5.21. The number of hydrogen-bond acceptors (Lipinski definition) is 4. The minimum Gasteiger partial charge on any atom is -0.376 e. The first-order valence-electron chi connectivity index (χ1n) is 9.05. The smallest absolute Gasteiger partial charge is 0.234 e. The van der Waals surface area contributed by atoms with Gasteiger partial charge in [0, 0.05) is 45.0 Å². The number of piperazine rings is 1. The molecule has 0 spiro atoms. The summed E-state index contributed by atoms with van der Waals surface area (Å²) >= 11 is 0. The molecule has 2 fully saturated rings. The number of carbonyl (C=O) groups is 1. The number of nitrogens with one attached hydrogen (secondary N) is 1. The zero-order valence-electron chi connectivity index (χ0n) is 14.9. The van der Waals surface area contributed by atoms with Gasteiger partial charge in [0.15, 0.2) is 0 Å². The van der Waals surface area contributed by atoms with Gasteiger partial charge in [0.2, 0.25) is 5.91 Å². The Morgan fingerprint density at radius 1 is 1.25 bits per heavy atom. The minimum absolute atomic E-state index is 0.116. The zero-order valence-corrected chi connectivity index (χ0v) is 14.9. The molecule has 0 unspecified atom stereocenters. The SMILES string of the molecule is Cc1cccc(N2CCN(CC(=O)NC[C@@H]3CCCO3)CC2)c1C. The first kappa shape index (κ1) is 17.2. The number of aryl methyl sites for hydroxylation is 1. The molecule has 5 heteroatoms. The lowest BCUT2D eigenvalue weighted by atomic mass is 10.1. The van der Waals surface area contributed by atoms with Crippen molar-refractivity contribution in [2.24, 2.45) is 0 Å². The third kappa shape index (κ3) is 4.28. The maximum Gasteiger partial charge on any atom is 0.234 e. The number of anilines is 1.